The van der Waals surface area contributed by atoms with E-state index in [9.17, 15) is 4.79 Å². The molecule has 0 bridgehead atoms. The number of rotatable bonds is 3. The van der Waals surface area contributed by atoms with Crippen LogP contribution in [0.4, 0.5) is 5.13 Å². The Labute approximate surface area is 147 Å². The molecule has 1 N–H and O–H groups in total. The van der Waals surface area contributed by atoms with Crippen LogP contribution in [-0.4, -0.2) is 16.5 Å². The number of benzene rings is 2. The first-order valence-electron chi connectivity index (χ1n) is 7.37. The van der Waals surface area contributed by atoms with Gasteiger partial charge >= 0.3 is 0 Å². The Morgan fingerprint density at radius 2 is 1.83 bits per heavy atom. The van der Waals surface area contributed by atoms with Crippen molar-refractivity contribution in [3.63, 3.8) is 0 Å². The molecule has 0 spiro atoms. The molecule has 0 aliphatic heterocycles. The number of aromatic nitrogens is 1. The number of nitrogens with zero attached hydrogens (tertiary/aromatic N) is 2. The van der Waals surface area contributed by atoms with E-state index in [1.165, 1.54) is 11.3 Å². The molecule has 3 aromatic rings. The number of thiazole rings is 1. The number of fused-ring (bicyclic) bond motifs is 1. The van der Waals surface area contributed by atoms with Crippen LogP contribution in [0.1, 0.15) is 22.3 Å². The topological polar surface area (TPSA) is 54.4 Å². The number of Topliss-reactive ketones (excluding diaryl/α,β-unsaturated/α-hetero) is 1. The third-order valence-corrected chi connectivity index (χ3v) is 4.80. The maximum atomic E-state index is 12.0. The molecule has 1 aromatic heterocycles. The normalized spacial score (nSPS) is 14.9. The molecule has 0 atom stereocenters. The fourth-order valence-corrected chi connectivity index (χ4v) is 3.40. The summed E-state index contributed by atoms with van der Waals surface area (Å²) in [6.07, 6.45) is 0.321. The smallest absolute Gasteiger partial charge is 0.203 e. The van der Waals surface area contributed by atoms with Crippen molar-refractivity contribution in [3.05, 3.63) is 70.1 Å². The average Bonchev–Trinajstić information content (AvgIpc) is 3.19. The molecule has 0 saturated carbocycles. The number of carbonyl (C=O) groups excluding carboxylic acids is 1. The summed E-state index contributed by atoms with van der Waals surface area (Å²) in [5, 5.41) is 7.72. The van der Waals surface area contributed by atoms with E-state index in [-0.39, 0.29) is 5.78 Å². The van der Waals surface area contributed by atoms with E-state index < -0.39 is 0 Å². The Balaban J connectivity index is 1.55. The molecule has 0 amide bonds. The Morgan fingerprint density at radius 1 is 1.08 bits per heavy atom. The van der Waals surface area contributed by atoms with Gasteiger partial charge in [0.2, 0.25) is 5.13 Å². The van der Waals surface area contributed by atoms with Gasteiger partial charge in [-0.05, 0) is 12.1 Å². The zero-order valence-electron chi connectivity index (χ0n) is 12.5. The number of hydrazone groups is 1. The highest BCUT2D eigenvalue weighted by Crippen LogP contribution is 2.27. The summed E-state index contributed by atoms with van der Waals surface area (Å²) in [5.41, 5.74) is 7.20. The zero-order chi connectivity index (χ0) is 16.5. The molecule has 118 valence electrons. The first-order valence-corrected chi connectivity index (χ1v) is 8.63. The van der Waals surface area contributed by atoms with Gasteiger partial charge in [0, 0.05) is 27.1 Å². The predicted octanol–water partition coefficient (Wildman–Crippen LogP) is 4.87. The van der Waals surface area contributed by atoms with E-state index in [2.05, 4.69) is 15.5 Å². The number of carbonyl (C=O) groups is 1. The molecule has 1 aliphatic carbocycles. The third kappa shape index (κ3) is 2.84. The van der Waals surface area contributed by atoms with Crippen LogP contribution < -0.4 is 5.43 Å². The number of hydrogen-bond acceptors (Lipinski definition) is 5. The molecule has 0 fully saturated rings. The number of halogens is 1. The molecule has 24 heavy (non-hydrogen) atoms. The molecule has 4 rings (SSSR count). The molecule has 6 heteroatoms. The number of ketones is 1. The predicted molar refractivity (Wildman–Crippen MR) is 98.1 cm³/mol. The second kappa shape index (κ2) is 6.19. The van der Waals surface area contributed by atoms with Crippen molar-refractivity contribution in [3.8, 4) is 11.3 Å². The largest absolute Gasteiger partial charge is 0.294 e. The summed E-state index contributed by atoms with van der Waals surface area (Å²) < 4.78 is 0. The van der Waals surface area contributed by atoms with Crippen molar-refractivity contribution in [2.45, 2.75) is 6.42 Å². The highest BCUT2D eigenvalue weighted by Gasteiger charge is 2.24. The monoisotopic (exact) mass is 353 g/mol. The van der Waals surface area contributed by atoms with E-state index in [4.69, 9.17) is 11.6 Å². The second-order valence-electron chi connectivity index (χ2n) is 5.36. The maximum absolute atomic E-state index is 12.0. The van der Waals surface area contributed by atoms with E-state index in [1.54, 1.807) is 0 Å². The highest BCUT2D eigenvalue weighted by molar-refractivity contribution is 7.14. The van der Waals surface area contributed by atoms with Crippen molar-refractivity contribution in [2.75, 3.05) is 5.43 Å². The fourth-order valence-electron chi connectivity index (χ4n) is 2.61. The lowest BCUT2D eigenvalue weighted by atomic mass is 10.1. The van der Waals surface area contributed by atoms with Crippen molar-refractivity contribution in [2.24, 2.45) is 5.10 Å². The van der Waals surface area contributed by atoms with Gasteiger partial charge in [-0.25, -0.2) is 4.98 Å². The van der Waals surface area contributed by atoms with Crippen molar-refractivity contribution >= 4 is 39.6 Å². The van der Waals surface area contributed by atoms with E-state index >= 15 is 0 Å². The van der Waals surface area contributed by atoms with Crippen LogP contribution in [0.5, 0.6) is 0 Å². The van der Waals surface area contributed by atoms with Crippen molar-refractivity contribution < 1.29 is 4.79 Å². The Hall–Kier alpha value is -2.50. The van der Waals surface area contributed by atoms with Crippen molar-refractivity contribution in [1.82, 2.24) is 4.98 Å². The lowest BCUT2D eigenvalue weighted by Gasteiger charge is -1.99. The summed E-state index contributed by atoms with van der Waals surface area (Å²) in [6, 6.07) is 15.1. The molecule has 1 heterocycles. The maximum Gasteiger partial charge on any atom is 0.203 e. The molecule has 0 saturated heterocycles. The van der Waals surface area contributed by atoms with Gasteiger partial charge in [0.15, 0.2) is 5.78 Å². The van der Waals surface area contributed by atoms with Crippen LogP contribution in [0, 0.1) is 0 Å². The number of hydrogen-bond donors (Lipinski definition) is 1. The lowest BCUT2D eigenvalue weighted by Crippen LogP contribution is -2.00. The molecule has 4 nitrogen and oxygen atoms in total. The average molecular weight is 354 g/mol. The van der Waals surface area contributed by atoms with Crippen LogP contribution in [-0.2, 0) is 0 Å². The Kier molecular flexibility index (Phi) is 3.88. The third-order valence-electron chi connectivity index (χ3n) is 3.80. The van der Waals surface area contributed by atoms with E-state index in [1.807, 2.05) is 53.9 Å². The molecule has 0 unspecified atom stereocenters. The van der Waals surface area contributed by atoms with Gasteiger partial charge in [0.25, 0.3) is 0 Å². The molecule has 0 radical (unpaired) electrons. The number of nitrogens with one attached hydrogen (secondary N) is 1. The van der Waals surface area contributed by atoms with Gasteiger partial charge in [0.05, 0.1) is 17.8 Å². The number of anilines is 1. The minimum Gasteiger partial charge on any atom is -0.294 e. The van der Waals surface area contributed by atoms with E-state index in [0.717, 1.165) is 28.1 Å². The van der Waals surface area contributed by atoms with E-state index in [0.29, 0.717) is 16.6 Å². The summed E-state index contributed by atoms with van der Waals surface area (Å²) in [5.74, 6) is 0.104. The van der Waals surface area contributed by atoms with Gasteiger partial charge in [-0.3, -0.25) is 10.2 Å². The van der Waals surface area contributed by atoms with Gasteiger partial charge in [0.1, 0.15) is 0 Å². The van der Waals surface area contributed by atoms with Gasteiger partial charge in [-0.15, -0.1) is 11.3 Å². The van der Waals surface area contributed by atoms with Crippen LogP contribution in [0.2, 0.25) is 5.02 Å². The SMILES string of the molecule is O=C1CC(=NNc2nc(-c3ccc(Cl)cc3)cs2)c2ccccc21. The summed E-state index contributed by atoms with van der Waals surface area (Å²) >= 11 is 7.37. The molecule has 2 aromatic carbocycles. The first kappa shape index (κ1) is 15.1. The zero-order valence-corrected chi connectivity index (χ0v) is 14.1. The fraction of sp³-hybridized carbons (Fsp3) is 0.0556. The van der Waals surface area contributed by atoms with Gasteiger partial charge in [-0.1, -0.05) is 48.0 Å². The minimum atomic E-state index is 0.104. The summed E-state index contributed by atoms with van der Waals surface area (Å²) in [7, 11) is 0. The highest BCUT2D eigenvalue weighted by atomic mass is 35.5. The van der Waals surface area contributed by atoms with Crippen LogP contribution >= 0.6 is 22.9 Å². The standard InChI is InChI=1S/C18H12ClN3OS/c19-12-7-5-11(6-8-12)16-10-24-18(20-16)22-21-15-9-17(23)14-4-2-1-3-13(14)15/h1-8,10H,9H2,(H,20,22). The van der Waals surface area contributed by atoms with Crippen LogP contribution in [0.15, 0.2) is 59.0 Å². The minimum absolute atomic E-state index is 0.104. The van der Waals surface area contributed by atoms with Crippen molar-refractivity contribution in [1.29, 1.82) is 0 Å². The van der Waals surface area contributed by atoms with Crippen LogP contribution in [0.25, 0.3) is 11.3 Å². The molecular formula is C18H12ClN3OS. The Bertz CT molecular complexity index is 947. The van der Waals surface area contributed by atoms with Gasteiger partial charge < -0.3 is 0 Å². The van der Waals surface area contributed by atoms with Crippen LogP contribution in [0.3, 0.4) is 0 Å². The Morgan fingerprint density at radius 3 is 2.62 bits per heavy atom. The molecular weight excluding hydrogens is 342 g/mol. The second-order valence-corrected chi connectivity index (χ2v) is 6.66. The lowest BCUT2D eigenvalue weighted by molar-refractivity contribution is 0.101. The quantitative estimate of drug-likeness (QED) is 0.684. The van der Waals surface area contributed by atoms with Gasteiger partial charge in [-0.2, -0.15) is 5.10 Å². The molecule has 1 aliphatic rings. The summed E-state index contributed by atoms with van der Waals surface area (Å²) in [4.78, 5) is 16.5. The first-order chi connectivity index (χ1) is 11.7. The summed E-state index contributed by atoms with van der Waals surface area (Å²) in [6.45, 7) is 0.